The quantitative estimate of drug-likeness (QED) is 0.334. The highest BCUT2D eigenvalue weighted by Gasteiger charge is 2.33. The highest BCUT2D eigenvalue weighted by Crippen LogP contribution is 2.46. The van der Waals surface area contributed by atoms with Crippen LogP contribution in [0.3, 0.4) is 0 Å². The molecule has 2 fully saturated rings. The molecule has 1 aromatic heterocycles. The van der Waals surface area contributed by atoms with E-state index in [9.17, 15) is 8.78 Å². The van der Waals surface area contributed by atoms with E-state index in [-0.39, 0.29) is 11.7 Å². The van der Waals surface area contributed by atoms with Gasteiger partial charge in [-0.15, -0.1) is 0 Å². The van der Waals surface area contributed by atoms with Gasteiger partial charge in [-0.1, -0.05) is 31.2 Å². The molecule has 0 atom stereocenters. The second kappa shape index (κ2) is 12.6. The maximum absolute atomic E-state index is 14.8. The number of nitrogens with zero attached hydrogens (tertiary/aromatic N) is 1. The molecule has 2 aromatic rings. The van der Waals surface area contributed by atoms with Crippen molar-refractivity contribution in [1.82, 2.24) is 4.98 Å². The van der Waals surface area contributed by atoms with Crippen LogP contribution in [-0.4, -0.2) is 11.6 Å². The van der Waals surface area contributed by atoms with E-state index in [1.807, 2.05) is 6.92 Å². The van der Waals surface area contributed by atoms with Crippen LogP contribution in [0, 0.1) is 23.5 Å². The van der Waals surface area contributed by atoms with Crippen LogP contribution in [0.15, 0.2) is 42.6 Å². The summed E-state index contributed by atoms with van der Waals surface area (Å²) in [6.07, 6.45) is 18.4. The molecule has 2 aliphatic carbocycles. The zero-order valence-electron chi connectivity index (χ0n) is 21.4. The smallest absolute Gasteiger partial charge is 0.200 e. The summed E-state index contributed by atoms with van der Waals surface area (Å²) in [5.41, 5.74) is 3.11. The molecule has 0 radical (unpaired) electrons. The molecule has 1 aromatic carbocycles. The number of hydrogen-bond acceptors (Lipinski definition) is 2. The second-order valence-electron chi connectivity index (χ2n) is 10.6. The maximum Gasteiger partial charge on any atom is 0.200 e. The molecule has 0 N–H and O–H groups in total. The third-order valence-electron chi connectivity index (χ3n) is 8.29. The van der Waals surface area contributed by atoms with Gasteiger partial charge in [0.1, 0.15) is 0 Å². The van der Waals surface area contributed by atoms with Gasteiger partial charge < -0.3 is 4.74 Å². The molecule has 0 unspecified atom stereocenters. The summed E-state index contributed by atoms with van der Waals surface area (Å²) in [5, 5.41) is 0. The molecule has 0 spiro atoms. The van der Waals surface area contributed by atoms with E-state index >= 15 is 0 Å². The van der Waals surface area contributed by atoms with Crippen LogP contribution in [0.5, 0.6) is 5.75 Å². The van der Waals surface area contributed by atoms with Gasteiger partial charge in [-0.2, -0.15) is 4.39 Å². The van der Waals surface area contributed by atoms with E-state index in [0.717, 1.165) is 50.9 Å². The van der Waals surface area contributed by atoms with Gasteiger partial charge in [0.15, 0.2) is 11.6 Å². The standard InChI is InChI=1S/C31H41F2NO/c1-3-5-6-7-22-8-18-28(34-21-22)26-15-11-24(12-16-26)23-9-13-25(14-10-23)27-17-19-29(35-20-4-2)31(33)30(27)32/h3,5,8,17-19,21,23-26H,4,6-7,9-16,20H2,1-2H3. The van der Waals surface area contributed by atoms with E-state index < -0.39 is 11.6 Å². The Morgan fingerprint density at radius 1 is 0.886 bits per heavy atom. The zero-order valence-corrected chi connectivity index (χ0v) is 21.4. The van der Waals surface area contributed by atoms with Crippen LogP contribution in [-0.2, 0) is 6.42 Å². The summed E-state index contributed by atoms with van der Waals surface area (Å²) >= 11 is 0. The monoisotopic (exact) mass is 481 g/mol. The summed E-state index contributed by atoms with van der Waals surface area (Å²) in [5.74, 6) is 0.688. The molecule has 35 heavy (non-hydrogen) atoms. The molecule has 2 aliphatic rings. The van der Waals surface area contributed by atoms with Gasteiger partial charge in [0.2, 0.25) is 5.82 Å². The lowest BCUT2D eigenvalue weighted by Gasteiger charge is -2.38. The number of aryl methyl sites for hydroxylation is 1. The van der Waals surface area contributed by atoms with E-state index in [2.05, 4.69) is 37.4 Å². The van der Waals surface area contributed by atoms with E-state index in [4.69, 9.17) is 9.72 Å². The Morgan fingerprint density at radius 2 is 1.57 bits per heavy atom. The number of halogens is 2. The van der Waals surface area contributed by atoms with Gasteiger partial charge in [-0.05, 0) is 119 Å². The Balaban J connectivity index is 1.26. The van der Waals surface area contributed by atoms with Crippen LogP contribution >= 0.6 is 0 Å². The number of ether oxygens (including phenoxy) is 1. The highest BCUT2D eigenvalue weighted by atomic mass is 19.2. The van der Waals surface area contributed by atoms with Gasteiger partial charge in [-0.25, -0.2) is 4.39 Å². The Labute approximate surface area is 210 Å². The molecule has 2 nitrogen and oxygen atoms in total. The number of hydrogen-bond donors (Lipinski definition) is 0. The highest BCUT2D eigenvalue weighted by molar-refractivity contribution is 5.33. The third-order valence-corrected chi connectivity index (χ3v) is 8.29. The van der Waals surface area contributed by atoms with Gasteiger partial charge in [0.05, 0.1) is 6.61 Å². The van der Waals surface area contributed by atoms with Crippen LogP contribution in [0.2, 0.25) is 0 Å². The first kappa shape index (κ1) is 25.9. The van der Waals surface area contributed by atoms with E-state index in [1.165, 1.54) is 36.9 Å². The first-order chi connectivity index (χ1) is 17.1. The molecule has 190 valence electrons. The largest absolute Gasteiger partial charge is 0.490 e. The molecule has 4 rings (SSSR count). The van der Waals surface area contributed by atoms with Gasteiger partial charge in [0, 0.05) is 17.8 Å². The number of aromatic nitrogens is 1. The Morgan fingerprint density at radius 3 is 2.17 bits per heavy atom. The Hall–Kier alpha value is -2.23. The molecule has 0 bridgehead atoms. The minimum atomic E-state index is -0.823. The third kappa shape index (κ3) is 6.51. The van der Waals surface area contributed by atoms with Gasteiger partial charge >= 0.3 is 0 Å². The zero-order chi connectivity index (χ0) is 24.6. The lowest BCUT2D eigenvalue weighted by atomic mass is 9.68. The van der Waals surface area contributed by atoms with Crippen molar-refractivity contribution in [3.63, 3.8) is 0 Å². The van der Waals surface area contributed by atoms with Crippen molar-refractivity contribution < 1.29 is 13.5 Å². The topological polar surface area (TPSA) is 22.1 Å². The number of allylic oxidation sites excluding steroid dienone is 2. The first-order valence-corrected chi connectivity index (χ1v) is 13.8. The predicted octanol–water partition coefficient (Wildman–Crippen LogP) is 8.91. The molecule has 0 saturated heterocycles. The van der Waals surface area contributed by atoms with E-state index in [1.54, 1.807) is 12.1 Å². The normalized spacial score (nSPS) is 25.1. The fourth-order valence-corrected chi connectivity index (χ4v) is 6.22. The predicted molar refractivity (Wildman–Crippen MR) is 139 cm³/mol. The second-order valence-corrected chi connectivity index (χ2v) is 10.6. The molecular formula is C31H41F2NO. The lowest BCUT2D eigenvalue weighted by molar-refractivity contribution is 0.175. The summed E-state index contributed by atoms with van der Waals surface area (Å²) in [6.45, 7) is 4.42. The van der Waals surface area contributed by atoms with Crippen LogP contribution in [0.4, 0.5) is 8.78 Å². The van der Waals surface area contributed by atoms with Crippen LogP contribution in [0.1, 0.15) is 107 Å². The van der Waals surface area contributed by atoms with Crippen molar-refractivity contribution in [3.8, 4) is 5.75 Å². The molecule has 2 saturated carbocycles. The maximum atomic E-state index is 14.8. The first-order valence-electron chi connectivity index (χ1n) is 13.8. The fraction of sp³-hybridized carbons (Fsp3) is 0.581. The van der Waals surface area contributed by atoms with Gasteiger partial charge in [0.25, 0.3) is 0 Å². The Kier molecular flexibility index (Phi) is 9.34. The summed E-state index contributed by atoms with van der Waals surface area (Å²) < 4.78 is 34.6. The average molecular weight is 482 g/mol. The van der Waals surface area contributed by atoms with Crippen molar-refractivity contribution in [2.45, 2.75) is 96.3 Å². The van der Waals surface area contributed by atoms with Crippen molar-refractivity contribution in [1.29, 1.82) is 0 Å². The van der Waals surface area contributed by atoms with Crippen LogP contribution in [0.25, 0.3) is 0 Å². The van der Waals surface area contributed by atoms with Crippen molar-refractivity contribution in [3.05, 3.63) is 71.1 Å². The Bertz CT molecular complexity index is 955. The van der Waals surface area contributed by atoms with Crippen molar-refractivity contribution in [2.24, 2.45) is 11.8 Å². The average Bonchev–Trinajstić information content (AvgIpc) is 2.90. The number of rotatable bonds is 9. The van der Waals surface area contributed by atoms with Gasteiger partial charge in [-0.3, -0.25) is 4.98 Å². The number of benzene rings is 1. The molecule has 0 amide bonds. The van der Waals surface area contributed by atoms with Crippen molar-refractivity contribution in [2.75, 3.05) is 6.61 Å². The summed E-state index contributed by atoms with van der Waals surface area (Å²) in [4.78, 5) is 4.80. The molecule has 1 heterocycles. The molecule has 4 heteroatoms. The molecular weight excluding hydrogens is 440 g/mol. The minimum absolute atomic E-state index is 0.0383. The van der Waals surface area contributed by atoms with Crippen LogP contribution < -0.4 is 4.74 Å². The van der Waals surface area contributed by atoms with Crippen molar-refractivity contribution >= 4 is 0 Å². The SMILES string of the molecule is CC=CCCc1ccc(C2CCC(C3CCC(c4ccc(OCCC)c(F)c4F)CC3)CC2)nc1. The fourth-order valence-electron chi connectivity index (χ4n) is 6.22. The summed E-state index contributed by atoms with van der Waals surface area (Å²) in [7, 11) is 0. The molecule has 0 aliphatic heterocycles. The minimum Gasteiger partial charge on any atom is -0.490 e. The van der Waals surface area contributed by atoms with E-state index in [0.29, 0.717) is 24.0 Å². The lowest BCUT2D eigenvalue weighted by Crippen LogP contribution is -2.25. The number of pyridine rings is 1. The summed E-state index contributed by atoms with van der Waals surface area (Å²) in [6, 6.07) is 7.86.